The summed E-state index contributed by atoms with van der Waals surface area (Å²) in [4.78, 5) is 28.3. The minimum absolute atomic E-state index is 0.0229. The number of hydrogen-bond donors (Lipinski definition) is 1. The summed E-state index contributed by atoms with van der Waals surface area (Å²) in [7, 11) is -4.21. The van der Waals surface area contributed by atoms with Gasteiger partial charge in [0.05, 0.1) is 10.6 Å². The molecule has 2 amide bonds. The fourth-order valence-corrected chi connectivity index (χ4v) is 6.30. The highest BCUT2D eigenvalue weighted by atomic mass is 35.5. The quantitative estimate of drug-likeness (QED) is 0.342. The molecule has 1 aliphatic carbocycles. The smallest absolute Gasteiger partial charge is 0.264 e. The fourth-order valence-electron chi connectivity index (χ4n) is 4.76. The normalized spacial score (nSPS) is 14.5. The van der Waals surface area contributed by atoms with Crippen LogP contribution in [0, 0.1) is 12.7 Å². The van der Waals surface area contributed by atoms with Gasteiger partial charge in [-0.05, 0) is 69.2 Å². The molecule has 212 valence electrons. The van der Waals surface area contributed by atoms with Crippen molar-refractivity contribution in [3.05, 3.63) is 94.8 Å². The van der Waals surface area contributed by atoms with E-state index in [0.717, 1.165) is 35.6 Å². The average molecular weight is 586 g/mol. The van der Waals surface area contributed by atoms with Gasteiger partial charge in [0.25, 0.3) is 10.0 Å². The van der Waals surface area contributed by atoms with Crippen LogP contribution in [0.2, 0.25) is 5.02 Å². The first-order valence-electron chi connectivity index (χ1n) is 13.2. The van der Waals surface area contributed by atoms with Crippen LogP contribution in [0.15, 0.2) is 77.7 Å². The zero-order chi connectivity index (χ0) is 28.9. The average Bonchev–Trinajstić information content (AvgIpc) is 3.44. The van der Waals surface area contributed by atoms with Gasteiger partial charge in [0, 0.05) is 23.2 Å². The highest BCUT2D eigenvalue weighted by Crippen LogP contribution is 2.26. The van der Waals surface area contributed by atoms with Crippen LogP contribution < -0.4 is 9.62 Å². The molecule has 0 unspecified atom stereocenters. The fraction of sp³-hybridized carbons (Fsp3) is 0.333. The van der Waals surface area contributed by atoms with Crippen molar-refractivity contribution >= 4 is 39.1 Å². The Morgan fingerprint density at radius 1 is 1.00 bits per heavy atom. The first-order chi connectivity index (χ1) is 19.1. The molecule has 3 aromatic rings. The van der Waals surface area contributed by atoms with E-state index < -0.39 is 34.3 Å². The molecule has 1 atom stereocenters. The molecule has 0 bridgehead atoms. The number of sulfonamides is 1. The molecule has 10 heteroatoms. The Morgan fingerprint density at radius 3 is 2.25 bits per heavy atom. The lowest BCUT2D eigenvalue weighted by molar-refractivity contribution is -0.139. The molecule has 1 saturated carbocycles. The first kappa shape index (κ1) is 29.6. The molecule has 0 heterocycles. The Hall–Kier alpha value is -3.43. The van der Waals surface area contributed by atoms with Gasteiger partial charge in [0.15, 0.2) is 0 Å². The molecule has 4 rings (SSSR count). The van der Waals surface area contributed by atoms with Crippen LogP contribution in [0.5, 0.6) is 0 Å². The summed E-state index contributed by atoms with van der Waals surface area (Å²) in [6.45, 7) is 2.65. The minimum Gasteiger partial charge on any atom is -0.352 e. The van der Waals surface area contributed by atoms with Crippen molar-refractivity contribution < 1.29 is 22.4 Å². The number of aryl methyl sites for hydroxylation is 1. The second-order valence-electron chi connectivity index (χ2n) is 10.1. The summed E-state index contributed by atoms with van der Waals surface area (Å²) in [5.74, 6) is -1.53. The molecule has 1 aliphatic rings. The summed E-state index contributed by atoms with van der Waals surface area (Å²) < 4.78 is 43.3. The Labute approximate surface area is 240 Å². The molecular weight excluding hydrogens is 553 g/mol. The molecular formula is C30H33ClFN3O4S. The maximum atomic E-state index is 14.7. The zero-order valence-electron chi connectivity index (χ0n) is 22.5. The van der Waals surface area contributed by atoms with Crippen molar-refractivity contribution in [3.8, 4) is 0 Å². The summed E-state index contributed by atoms with van der Waals surface area (Å²) in [5, 5.41) is 3.37. The molecule has 0 aliphatic heterocycles. The number of rotatable bonds is 10. The van der Waals surface area contributed by atoms with Gasteiger partial charge >= 0.3 is 0 Å². The highest BCUT2D eigenvalue weighted by Gasteiger charge is 2.33. The van der Waals surface area contributed by atoms with Crippen molar-refractivity contribution in [1.82, 2.24) is 10.2 Å². The van der Waals surface area contributed by atoms with Crippen LogP contribution in [0.25, 0.3) is 0 Å². The van der Waals surface area contributed by atoms with Crippen molar-refractivity contribution in [2.45, 2.75) is 63.1 Å². The number of amides is 2. The first-order valence-corrected chi connectivity index (χ1v) is 15.1. The summed E-state index contributed by atoms with van der Waals surface area (Å²) in [5.41, 5.74) is 1.42. The predicted octanol–water partition coefficient (Wildman–Crippen LogP) is 5.46. The Kier molecular flexibility index (Phi) is 9.48. The van der Waals surface area contributed by atoms with E-state index in [9.17, 15) is 22.4 Å². The van der Waals surface area contributed by atoms with Gasteiger partial charge in [-0.2, -0.15) is 0 Å². The molecule has 0 aromatic heterocycles. The number of hydrogen-bond acceptors (Lipinski definition) is 4. The number of carbonyl (C=O) groups excluding carboxylic acids is 2. The topological polar surface area (TPSA) is 86.8 Å². The van der Waals surface area contributed by atoms with Gasteiger partial charge in [-0.25, -0.2) is 12.8 Å². The number of nitrogens with zero attached hydrogens (tertiary/aromatic N) is 2. The second kappa shape index (κ2) is 12.8. The standard InChI is InChI=1S/C30H33ClFN3O4S/c1-21-11-15-26(16-12-21)35(40(38,39)27-17-13-24(31)14-18-27)20-29(36)34(19-23-7-3-6-10-28(23)32)22(2)30(37)33-25-8-4-5-9-25/h3,6-7,10-18,22,25H,4-5,8-9,19-20H2,1-2H3,(H,33,37)/t22-/m1/s1. The van der Waals surface area contributed by atoms with Crippen molar-refractivity contribution in [1.29, 1.82) is 0 Å². The number of carbonyl (C=O) groups is 2. The lowest BCUT2D eigenvalue weighted by atomic mass is 10.1. The summed E-state index contributed by atoms with van der Waals surface area (Å²) in [6.07, 6.45) is 3.76. The van der Waals surface area contributed by atoms with Crippen LogP contribution >= 0.6 is 11.6 Å². The largest absolute Gasteiger partial charge is 0.352 e. The van der Waals surface area contributed by atoms with Crippen LogP contribution in [-0.2, 0) is 26.2 Å². The second-order valence-corrected chi connectivity index (χ2v) is 12.4. The SMILES string of the molecule is Cc1ccc(N(CC(=O)N(Cc2ccccc2F)[C@H](C)C(=O)NC2CCCC2)S(=O)(=O)c2ccc(Cl)cc2)cc1. The Bertz CT molecular complexity index is 1440. The van der Waals surface area contributed by atoms with E-state index in [1.54, 1.807) is 49.4 Å². The van der Waals surface area contributed by atoms with Gasteiger partial charge in [0.2, 0.25) is 11.8 Å². The van der Waals surface area contributed by atoms with E-state index in [2.05, 4.69) is 5.32 Å². The minimum atomic E-state index is -4.21. The van der Waals surface area contributed by atoms with Gasteiger partial charge in [0.1, 0.15) is 18.4 Å². The van der Waals surface area contributed by atoms with Gasteiger partial charge in [-0.15, -0.1) is 0 Å². The van der Waals surface area contributed by atoms with Crippen molar-refractivity contribution in [3.63, 3.8) is 0 Å². The van der Waals surface area contributed by atoms with Crippen LogP contribution in [0.3, 0.4) is 0 Å². The van der Waals surface area contributed by atoms with E-state index in [4.69, 9.17) is 11.6 Å². The van der Waals surface area contributed by atoms with Crippen LogP contribution in [0.1, 0.15) is 43.7 Å². The third-order valence-electron chi connectivity index (χ3n) is 7.17. The Balaban J connectivity index is 1.69. The molecule has 1 N–H and O–H groups in total. The number of anilines is 1. The number of benzene rings is 3. The molecule has 0 saturated heterocycles. The third kappa shape index (κ3) is 7.01. The van der Waals surface area contributed by atoms with E-state index in [1.807, 2.05) is 6.92 Å². The predicted molar refractivity (Wildman–Crippen MR) is 154 cm³/mol. The molecule has 0 spiro atoms. The molecule has 1 fully saturated rings. The highest BCUT2D eigenvalue weighted by molar-refractivity contribution is 7.92. The Morgan fingerprint density at radius 2 is 1.62 bits per heavy atom. The number of halogens is 2. The monoisotopic (exact) mass is 585 g/mol. The summed E-state index contributed by atoms with van der Waals surface area (Å²) >= 11 is 5.98. The molecule has 3 aromatic carbocycles. The van der Waals surface area contributed by atoms with Gasteiger partial charge < -0.3 is 10.2 Å². The van der Waals surface area contributed by atoms with Crippen molar-refractivity contribution in [2.24, 2.45) is 0 Å². The van der Waals surface area contributed by atoms with Gasteiger partial charge in [-0.1, -0.05) is 60.3 Å². The molecule has 0 radical (unpaired) electrons. The molecule has 40 heavy (non-hydrogen) atoms. The number of nitrogens with one attached hydrogen (secondary N) is 1. The van der Waals surface area contributed by atoms with E-state index in [-0.39, 0.29) is 34.6 Å². The van der Waals surface area contributed by atoms with Crippen LogP contribution in [-0.4, -0.2) is 43.8 Å². The van der Waals surface area contributed by atoms with Crippen molar-refractivity contribution in [2.75, 3.05) is 10.8 Å². The maximum Gasteiger partial charge on any atom is 0.264 e. The summed E-state index contributed by atoms with van der Waals surface area (Å²) in [6, 6.07) is 17.5. The maximum absolute atomic E-state index is 14.7. The van der Waals surface area contributed by atoms with E-state index in [0.29, 0.717) is 5.02 Å². The lowest BCUT2D eigenvalue weighted by Crippen LogP contribution is -2.52. The lowest BCUT2D eigenvalue weighted by Gasteiger charge is -2.32. The van der Waals surface area contributed by atoms with Crippen LogP contribution in [0.4, 0.5) is 10.1 Å². The van der Waals surface area contributed by atoms with E-state index >= 15 is 0 Å². The third-order valence-corrected chi connectivity index (χ3v) is 9.21. The zero-order valence-corrected chi connectivity index (χ0v) is 24.1. The molecule has 7 nitrogen and oxygen atoms in total. The van der Waals surface area contributed by atoms with E-state index in [1.165, 1.54) is 35.2 Å². The van der Waals surface area contributed by atoms with Gasteiger partial charge in [-0.3, -0.25) is 13.9 Å².